The predicted molar refractivity (Wildman–Crippen MR) is 99.5 cm³/mol. The molecule has 2 aliphatic carbocycles. The van der Waals surface area contributed by atoms with Gasteiger partial charge in [-0.1, -0.05) is 31.0 Å². The van der Waals surface area contributed by atoms with E-state index in [0.29, 0.717) is 6.42 Å². The molecule has 2 fully saturated rings. The molecule has 1 unspecified atom stereocenters. The number of Topliss-reactive ketones (excluding diaryl/α,β-unsaturated/α-hetero) is 1. The van der Waals surface area contributed by atoms with Crippen molar-refractivity contribution in [1.82, 2.24) is 4.90 Å². The first-order chi connectivity index (χ1) is 12.6. The van der Waals surface area contributed by atoms with Crippen LogP contribution in [0.25, 0.3) is 0 Å². The first-order valence-corrected chi connectivity index (χ1v) is 9.63. The summed E-state index contributed by atoms with van der Waals surface area (Å²) in [6.45, 7) is 1.62. The summed E-state index contributed by atoms with van der Waals surface area (Å²) in [6, 6.07) is 7.66. The monoisotopic (exact) mass is 354 g/mol. The van der Waals surface area contributed by atoms with Crippen molar-refractivity contribution in [2.24, 2.45) is 10.9 Å². The number of hydrogen-bond donors (Lipinski definition) is 0. The lowest BCUT2D eigenvalue weighted by Crippen LogP contribution is -2.49. The summed E-state index contributed by atoms with van der Waals surface area (Å²) >= 11 is 0. The van der Waals surface area contributed by atoms with Crippen LogP contribution in [0, 0.1) is 5.92 Å². The summed E-state index contributed by atoms with van der Waals surface area (Å²) in [4.78, 5) is 32.7. The minimum Gasteiger partial charge on any atom is -0.496 e. The molecule has 0 N–H and O–H groups in total. The Balaban J connectivity index is 1.90. The second-order valence-corrected chi connectivity index (χ2v) is 7.60. The number of para-hydroxylation sites is 1. The molecule has 0 spiro atoms. The van der Waals surface area contributed by atoms with Gasteiger partial charge >= 0.3 is 0 Å². The van der Waals surface area contributed by atoms with Gasteiger partial charge in [-0.3, -0.25) is 14.6 Å². The Labute approximate surface area is 154 Å². The number of hydrogen-bond acceptors (Lipinski definition) is 4. The van der Waals surface area contributed by atoms with Crippen LogP contribution in [0.15, 0.2) is 29.3 Å². The molecule has 26 heavy (non-hydrogen) atoms. The van der Waals surface area contributed by atoms with Crippen molar-refractivity contribution in [1.29, 1.82) is 0 Å². The Kier molecular flexibility index (Phi) is 4.55. The minimum absolute atomic E-state index is 0.0222. The number of benzene rings is 1. The molecule has 2 saturated carbocycles. The van der Waals surface area contributed by atoms with Crippen LogP contribution in [0.5, 0.6) is 5.75 Å². The molecule has 5 nitrogen and oxygen atoms in total. The summed E-state index contributed by atoms with van der Waals surface area (Å²) in [5.41, 5.74) is 1.91. The molecular formula is C21H26N2O3. The summed E-state index contributed by atoms with van der Waals surface area (Å²) in [5, 5.41) is 0. The number of amides is 1. The lowest BCUT2D eigenvalue weighted by atomic mass is 9.85. The molecule has 1 amide bonds. The maximum Gasteiger partial charge on any atom is 0.220 e. The second-order valence-electron chi connectivity index (χ2n) is 7.60. The van der Waals surface area contributed by atoms with E-state index >= 15 is 0 Å². The lowest BCUT2D eigenvalue weighted by molar-refractivity contribution is -0.137. The number of rotatable bonds is 2. The Hall–Kier alpha value is -2.17. The van der Waals surface area contributed by atoms with E-state index < -0.39 is 0 Å². The molecule has 1 aliphatic heterocycles. The van der Waals surface area contributed by atoms with E-state index in [9.17, 15) is 9.59 Å². The summed E-state index contributed by atoms with van der Waals surface area (Å²) < 4.78 is 5.60. The van der Waals surface area contributed by atoms with E-state index in [-0.39, 0.29) is 35.7 Å². The topological polar surface area (TPSA) is 59.0 Å². The van der Waals surface area contributed by atoms with Crippen molar-refractivity contribution < 1.29 is 14.3 Å². The van der Waals surface area contributed by atoms with Crippen LogP contribution in [0.2, 0.25) is 0 Å². The first kappa shape index (κ1) is 17.3. The second kappa shape index (κ2) is 6.86. The number of nitrogens with zero attached hydrogens (tertiary/aromatic N) is 2. The predicted octanol–water partition coefficient (Wildman–Crippen LogP) is 3.33. The van der Waals surface area contributed by atoms with E-state index in [1.807, 2.05) is 29.2 Å². The highest BCUT2D eigenvalue weighted by molar-refractivity contribution is 6.12. The fraction of sp³-hybridized carbons (Fsp3) is 0.571. The zero-order valence-electron chi connectivity index (χ0n) is 15.5. The van der Waals surface area contributed by atoms with Crippen molar-refractivity contribution >= 4 is 17.4 Å². The molecule has 138 valence electrons. The van der Waals surface area contributed by atoms with Gasteiger partial charge in [0.2, 0.25) is 5.91 Å². The van der Waals surface area contributed by atoms with Gasteiger partial charge in [0, 0.05) is 24.6 Å². The van der Waals surface area contributed by atoms with Crippen molar-refractivity contribution in [3.05, 3.63) is 29.8 Å². The zero-order chi connectivity index (χ0) is 18.3. The quantitative estimate of drug-likeness (QED) is 0.818. The number of aliphatic imine (C=N–C) groups is 1. The fourth-order valence-electron chi connectivity index (χ4n) is 5.07. The molecule has 0 bridgehead atoms. The maximum absolute atomic E-state index is 12.9. The average Bonchev–Trinajstić information content (AvgIpc) is 2.92. The molecule has 1 aromatic rings. The normalized spacial score (nSPS) is 30.9. The highest BCUT2D eigenvalue weighted by atomic mass is 16.5. The van der Waals surface area contributed by atoms with Crippen LogP contribution in [-0.2, 0) is 9.59 Å². The van der Waals surface area contributed by atoms with Crippen LogP contribution in [0.4, 0.5) is 0 Å². The van der Waals surface area contributed by atoms with Crippen molar-refractivity contribution in [3.63, 3.8) is 0 Å². The molecule has 3 aliphatic rings. The molecule has 1 heterocycles. The summed E-state index contributed by atoms with van der Waals surface area (Å²) in [7, 11) is 1.64. The Morgan fingerprint density at radius 2 is 1.96 bits per heavy atom. The van der Waals surface area contributed by atoms with E-state index in [4.69, 9.17) is 9.73 Å². The summed E-state index contributed by atoms with van der Waals surface area (Å²) in [5.74, 6) is 0.622. The molecule has 0 aromatic heterocycles. The van der Waals surface area contributed by atoms with Crippen LogP contribution < -0.4 is 4.74 Å². The maximum atomic E-state index is 12.9. The molecule has 4 rings (SSSR count). The van der Waals surface area contributed by atoms with E-state index in [1.54, 1.807) is 14.0 Å². The van der Waals surface area contributed by atoms with Gasteiger partial charge in [0.1, 0.15) is 11.5 Å². The van der Waals surface area contributed by atoms with Crippen molar-refractivity contribution in [3.8, 4) is 5.75 Å². The van der Waals surface area contributed by atoms with Crippen molar-refractivity contribution in [2.75, 3.05) is 7.11 Å². The standard InChI is InChI=1S/C21H26N2O3/c1-13(24)23-17-9-5-4-8-15(17)22-16-11-12-18(25)20(16)21(23)14-7-3-6-10-19(14)26-2/h3,6-7,10,15,17,20-21H,4-5,8-9,11-12H2,1-2H3/t15-,17-,20?,21-/m1/s1. The highest BCUT2D eigenvalue weighted by Gasteiger charge is 2.49. The SMILES string of the molecule is COc1ccccc1[C@@H]1C2C(=O)CCC2=N[C@@H]2CCCC[C@H]2N1C(C)=O. The highest BCUT2D eigenvalue weighted by Crippen LogP contribution is 2.45. The molecule has 0 saturated heterocycles. The number of ketones is 1. The lowest BCUT2D eigenvalue weighted by Gasteiger charge is -2.42. The van der Waals surface area contributed by atoms with Gasteiger partial charge < -0.3 is 9.64 Å². The van der Waals surface area contributed by atoms with Gasteiger partial charge in [0.15, 0.2) is 0 Å². The third-order valence-corrected chi connectivity index (χ3v) is 6.15. The number of carbonyl (C=O) groups excluding carboxylic acids is 2. The smallest absolute Gasteiger partial charge is 0.220 e. The average molecular weight is 354 g/mol. The zero-order valence-corrected chi connectivity index (χ0v) is 15.5. The molecular weight excluding hydrogens is 328 g/mol. The van der Waals surface area contributed by atoms with Gasteiger partial charge in [0.05, 0.1) is 31.2 Å². The number of fused-ring (bicyclic) bond motifs is 2. The fourth-order valence-corrected chi connectivity index (χ4v) is 5.07. The Bertz CT molecular complexity index is 757. The molecule has 5 heteroatoms. The Morgan fingerprint density at radius 3 is 2.73 bits per heavy atom. The van der Waals surface area contributed by atoms with Crippen LogP contribution in [0.3, 0.4) is 0 Å². The molecule has 0 radical (unpaired) electrons. The van der Waals surface area contributed by atoms with Crippen LogP contribution >= 0.6 is 0 Å². The van der Waals surface area contributed by atoms with E-state index in [2.05, 4.69) is 0 Å². The summed E-state index contributed by atoms with van der Waals surface area (Å²) in [6.07, 6.45) is 5.45. The number of carbonyl (C=O) groups is 2. The number of methoxy groups -OCH3 is 1. The van der Waals surface area contributed by atoms with Crippen LogP contribution in [0.1, 0.15) is 57.1 Å². The van der Waals surface area contributed by atoms with Gasteiger partial charge in [-0.15, -0.1) is 0 Å². The largest absolute Gasteiger partial charge is 0.496 e. The number of ether oxygens (including phenoxy) is 1. The third kappa shape index (κ3) is 2.74. The third-order valence-electron chi connectivity index (χ3n) is 6.15. The van der Waals surface area contributed by atoms with Gasteiger partial charge in [-0.05, 0) is 25.3 Å². The van der Waals surface area contributed by atoms with Gasteiger partial charge in [-0.25, -0.2) is 0 Å². The van der Waals surface area contributed by atoms with E-state index in [1.165, 1.54) is 0 Å². The first-order valence-electron chi connectivity index (χ1n) is 9.63. The van der Waals surface area contributed by atoms with Gasteiger partial charge in [0.25, 0.3) is 0 Å². The van der Waals surface area contributed by atoms with Crippen LogP contribution in [-0.4, -0.2) is 41.5 Å². The van der Waals surface area contributed by atoms with E-state index in [0.717, 1.165) is 49.1 Å². The molecule has 1 aromatic carbocycles. The minimum atomic E-state index is -0.333. The van der Waals surface area contributed by atoms with Gasteiger partial charge in [-0.2, -0.15) is 0 Å². The Morgan fingerprint density at radius 1 is 1.19 bits per heavy atom. The molecule has 4 atom stereocenters. The van der Waals surface area contributed by atoms with Crippen molar-refractivity contribution in [2.45, 2.75) is 63.6 Å².